The lowest BCUT2D eigenvalue weighted by Gasteiger charge is -2.52. The molecule has 25 heavy (non-hydrogen) atoms. The van der Waals surface area contributed by atoms with Crippen molar-refractivity contribution in [1.29, 1.82) is 0 Å². The van der Waals surface area contributed by atoms with Gasteiger partial charge in [-0.15, -0.1) is 0 Å². The first-order valence-electron chi connectivity index (χ1n) is 9.12. The number of carbonyl (C=O) groups is 2. The first-order chi connectivity index (χ1) is 11.9. The summed E-state index contributed by atoms with van der Waals surface area (Å²) in [6.45, 7) is 4.11. The minimum Gasteiger partial charge on any atom is -0.479 e. The molecule has 0 spiro atoms. The average molecular weight is 345 g/mol. The Morgan fingerprint density at radius 2 is 1.80 bits per heavy atom. The highest BCUT2D eigenvalue weighted by atomic mass is 16.6. The van der Waals surface area contributed by atoms with Gasteiger partial charge in [-0.1, -0.05) is 57.0 Å². The predicted octanol–water partition coefficient (Wildman–Crippen LogP) is 4.21. The molecule has 0 radical (unpaired) electrons. The van der Waals surface area contributed by atoms with Crippen molar-refractivity contribution < 1.29 is 19.4 Å². The van der Waals surface area contributed by atoms with Crippen molar-refractivity contribution in [3.05, 3.63) is 35.9 Å². The summed E-state index contributed by atoms with van der Waals surface area (Å²) in [6.07, 6.45) is 4.33. The van der Waals surface area contributed by atoms with Crippen molar-refractivity contribution in [3.63, 3.8) is 0 Å². The summed E-state index contributed by atoms with van der Waals surface area (Å²) >= 11 is 0. The second kappa shape index (κ2) is 6.70. The van der Waals surface area contributed by atoms with E-state index in [9.17, 15) is 14.7 Å². The van der Waals surface area contributed by atoms with Gasteiger partial charge >= 0.3 is 12.1 Å². The van der Waals surface area contributed by atoms with E-state index in [0.717, 1.165) is 37.7 Å². The van der Waals surface area contributed by atoms with E-state index in [2.05, 4.69) is 0 Å². The van der Waals surface area contributed by atoms with Gasteiger partial charge in [-0.3, -0.25) is 4.90 Å². The highest BCUT2D eigenvalue weighted by Gasteiger charge is 2.61. The number of aliphatic carboxylic acids is 1. The number of rotatable bonds is 5. The fourth-order valence-electron chi connectivity index (χ4n) is 4.18. The molecule has 2 aliphatic rings. The topological polar surface area (TPSA) is 66.8 Å². The maximum absolute atomic E-state index is 12.9. The van der Waals surface area contributed by atoms with E-state index in [1.165, 1.54) is 0 Å². The van der Waals surface area contributed by atoms with Crippen LogP contribution in [0.2, 0.25) is 0 Å². The number of carbonyl (C=O) groups excluding carboxylic acids is 1. The van der Waals surface area contributed by atoms with Crippen LogP contribution >= 0.6 is 0 Å². The molecule has 2 aliphatic carbocycles. The quantitative estimate of drug-likeness (QED) is 0.868. The smallest absolute Gasteiger partial charge is 0.411 e. The average Bonchev–Trinajstić information content (AvgIpc) is 3.40. The predicted molar refractivity (Wildman–Crippen MR) is 94.1 cm³/mol. The lowest BCUT2D eigenvalue weighted by Crippen LogP contribution is -2.66. The summed E-state index contributed by atoms with van der Waals surface area (Å²) in [4.78, 5) is 26.9. The second-order valence-electron chi connectivity index (χ2n) is 7.90. The summed E-state index contributed by atoms with van der Waals surface area (Å²) < 4.78 is 5.54. The largest absolute Gasteiger partial charge is 0.479 e. The zero-order valence-corrected chi connectivity index (χ0v) is 15.0. The van der Waals surface area contributed by atoms with E-state index >= 15 is 0 Å². The van der Waals surface area contributed by atoms with Crippen molar-refractivity contribution in [1.82, 2.24) is 4.90 Å². The minimum atomic E-state index is -1.18. The Kier molecular flexibility index (Phi) is 4.76. The fraction of sp³-hybridized carbons (Fsp3) is 0.600. The molecule has 1 unspecified atom stereocenters. The van der Waals surface area contributed by atoms with Crippen LogP contribution in [0.25, 0.3) is 0 Å². The van der Waals surface area contributed by atoms with Gasteiger partial charge in [-0.2, -0.15) is 0 Å². The van der Waals surface area contributed by atoms with Gasteiger partial charge < -0.3 is 9.84 Å². The number of hydrogen-bond acceptors (Lipinski definition) is 3. The van der Waals surface area contributed by atoms with Crippen molar-refractivity contribution in [2.75, 3.05) is 0 Å². The Hall–Kier alpha value is -2.04. The zero-order chi connectivity index (χ0) is 18.1. The molecule has 0 aromatic heterocycles. The van der Waals surface area contributed by atoms with E-state index < -0.39 is 23.0 Å². The number of benzene rings is 1. The molecule has 3 rings (SSSR count). The molecule has 5 nitrogen and oxygen atoms in total. The van der Waals surface area contributed by atoms with Gasteiger partial charge in [0, 0.05) is 6.04 Å². The molecule has 0 bridgehead atoms. The van der Waals surface area contributed by atoms with Crippen LogP contribution in [0.1, 0.15) is 57.9 Å². The molecule has 1 atom stereocenters. The molecule has 0 heterocycles. The van der Waals surface area contributed by atoms with Gasteiger partial charge in [0.25, 0.3) is 0 Å². The number of carboxylic acid groups (broad SMARTS) is 1. The first-order valence-corrected chi connectivity index (χ1v) is 9.12. The molecular formula is C20H27NO4. The molecule has 1 aromatic rings. The fourth-order valence-corrected chi connectivity index (χ4v) is 4.18. The summed E-state index contributed by atoms with van der Waals surface area (Å²) in [7, 11) is 0. The van der Waals surface area contributed by atoms with Crippen molar-refractivity contribution >= 4 is 12.1 Å². The van der Waals surface area contributed by atoms with Crippen LogP contribution in [0, 0.1) is 5.41 Å². The van der Waals surface area contributed by atoms with Gasteiger partial charge in [0.2, 0.25) is 0 Å². The SMILES string of the molecule is CC1(C)CCCCC1(C(=O)O)N(C(=O)OCc1ccccc1)C1CC1. The Bertz CT molecular complexity index is 638. The zero-order valence-electron chi connectivity index (χ0n) is 15.0. The molecule has 1 N–H and O–H groups in total. The lowest BCUT2D eigenvalue weighted by atomic mass is 9.62. The molecule has 0 aliphatic heterocycles. The van der Waals surface area contributed by atoms with Crippen LogP contribution in [0.3, 0.4) is 0 Å². The molecular weight excluding hydrogens is 318 g/mol. The Morgan fingerprint density at radius 3 is 2.36 bits per heavy atom. The van der Waals surface area contributed by atoms with E-state index in [4.69, 9.17) is 4.74 Å². The molecule has 2 fully saturated rings. The number of hydrogen-bond donors (Lipinski definition) is 1. The highest BCUT2D eigenvalue weighted by molar-refractivity contribution is 5.86. The van der Waals surface area contributed by atoms with Crippen LogP contribution in [0.15, 0.2) is 30.3 Å². The van der Waals surface area contributed by atoms with Crippen molar-refractivity contribution in [3.8, 4) is 0 Å². The maximum atomic E-state index is 12.9. The number of ether oxygens (including phenoxy) is 1. The third kappa shape index (κ3) is 3.24. The summed E-state index contributed by atoms with van der Waals surface area (Å²) in [5.41, 5.74) is -0.759. The highest BCUT2D eigenvalue weighted by Crippen LogP contribution is 2.51. The number of nitrogens with zero attached hydrogens (tertiary/aromatic N) is 1. The van der Waals surface area contributed by atoms with Crippen LogP contribution in [0.5, 0.6) is 0 Å². The van der Waals surface area contributed by atoms with Gasteiger partial charge in [0.05, 0.1) is 0 Å². The molecule has 0 saturated heterocycles. The standard InChI is InChI=1S/C20H27NO4/c1-19(2)12-6-7-13-20(19,17(22)23)21(16-10-11-16)18(24)25-14-15-8-4-3-5-9-15/h3-5,8-9,16H,6-7,10-14H2,1-2H3,(H,22,23). The number of carboxylic acids is 1. The Morgan fingerprint density at radius 1 is 1.16 bits per heavy atom. The van der Waals surface area contributed by atoms with E-state index in [-0.39, 0.29) is 12.6 Å². The van der Waals surface area contributed by atoms with Gasteiger partial charge in [-0.25, -0.2) is 9.59 Å². The van der Waals surface area contributed by atoms with Crippen molar-refractivity contribution in [2.24, 2.45) is 5.41 Å². The molecule has 1 amide bonds. The second-order valence-corrected chi connectivity index (χ2v) is 7.90. The molecule has 136 valence electrons. The number of amides is 1. The Balaban J connectivity index is 1.85. The first kappa shape index (κ1) is 17.8. The molecule has 1 aromatic carbocycles. The van der Waals surface area contributed by atoms with E-state index in [1.807, 2.05) is 44.2 Å². The normalized spacial score (nSPS) is 25.2. The summed E-state index contributed by atoms with van der Waals surface area (Å²) in [6, 6.07) is 9.47. The van der Waals surface area contributed by atoms with E-state index in [1.54, 1.807) is 4.90 Å². The lowest BCUT2D eigenvalue weighted by molar-refractivity contribution is -0.164. The molecule has 2 saturated carbocycles. The third-order valence-electron chi connectivity index (χ3n) is 5.79. The van der Waals surface area contributed by atoms with Crippen LogP contribution < -0.4 is 0 Å². The van der Waals surface area contributed by atoms with Crippen LogP contribution in [-0.4, -0.2) is 33.6 Å². The third-order valence-corrected chi connectivity index (χ3v) is 5.79. The van der Waals surface area contributed by atoms with Gasteiger partial charge in [-0.05, 0) is 36.7 Å². The monoisotopic (exact) mass is 345 g/mol. The summed E-state index contributed by atoms with van der Waals surface area (Å²) in [5, 5.41) is 10.2. The van der Waals surface area contributed by atoms with Crippen molar-refractivity contribution in [2.45, 2.75) is 70.6 Å². The Labute approximate surface area is 149 Å². The minimum absolute atomic E-state index is 0.0169. The van der Waals surface area contributed by atoms with E-state index in [0.29, 0.717) is 6.42 Å². The summed E-state index contributed by atoms with van der Waals surface area (Å²) in [5.74, 6) is -0.902. The van der Waals surface area contributed by atoms with Crippen LogP contribution in [-0.2, 0) is 16.1 Å². The van der Waals surface area contributed by atoms with Crippen LogP contribution in [0.4, 0.5) is 4.79 Å². The van der Waals surface area contributed by atoms with Gasteiger partial charge in [0.1, 0.15) is 12.1 Å². The van der Waals surface area contributed by atoms with Gasteiger partial charge in [0.15, 0.2) is 0 Å². The maximum Gasteiger partial charge on any atom is 0.411 e. The molecule has 5 heteroatoms.